The number of furan rings is 1. The fourth-order valence-corrected chi connectivity index (χ4v) is 4.18. The summed E-state index contributed by atoms with van der Waals surface area (Å²) in [5.74, 6) is 0.404. The first-order valence-electron chi connectivity index (χ1n) is 9.67. The lowest BCUT2D eigenvalue weighted by molar-refractivity contribution is 0.0149. The van der Waals surface area contributed by atoms with Crippen molar-refractivity contribution < 1.29 is 19.4 Å². The number of aliphatic hydroxyl groups excluding tert-OH is 2. The third kappa shape index (κ3) is 3.29. The number of nitrogens with one attached hydrogen (secondary N) is 1. The van der Waals surface area contributed by atoms with Gasteiger partial charge in [-0.15, -0.1) is 0 Å². The van der Waals surface area contributed by atoms with E-state index in [4.69, 9.17) is 4.42 Å². The lowest BCUT2D eigenvalue weighted by Gasteiger charge is -2.26. The number of piperidine rings is 1. The fourth-order valence-electron chi connectivity index (χ4n) is 4.18. The summed E-state index contributed by atoms with van der Waals surface area (Å²) in [5, 5.41) is 23.9. The monoisotopic (exact) mass is 370 g/mol. The number of nitrogens with zero attached hydrogens (tertiary/aromatic N) is 1. The van der Waals surface area contributed by atoms with Crippen molar-refractivity contribution in [3.8, 4) is 11.3 Å². The van der Waals surface area contributed by atoms with Crippen LogP contribution in [0.15, 0.2) is 28.7 Å². The van der Waals surface area contributed by atoms with Crippen molar-refractivity contribution in [3.63, 3.8) is 0 Å². The van der Waals surface area contributed by atoms with E-state index in [1.807, 2.05) is 18.2 Å². The molecule has 2 heterocycles. The summed E-state index contributed by atoms with van der Waals surface area (Å²) in [4.78, 5) is 15.0. The van der Waals surface area contributed by atoms with Gasteiger partial charge in [0.15, 0.2) is 5.76 Å². The molecule has 2 atom stereocenters. The maximum absolute atomic E-state index is 12.7. The number of hydrogen-bond acceptors (Lipinski definition) is 5. The predicted octanol–water partition coefficient (Wildman–Crippen LogP) is 2.55. The van der Waals surface area contributed by atoms with Gasteiger partial charge in [0, 0.05) is 29.8 Å². The molecule has 1 aromatic carbocycles. The summed E-state index contributed by atoms with van der Waals surface area (Å²) in [5.41, 5.74) is 2.42. The summed E-state index contributed by atoms with van der Waals surface area (Å²) in [7, 11) is 0. The van der Waals surface area contributed by atoms with Crippen LogP contribution < -0.4 is 5.32 Å². The van der Waals surface area contributed by atoms with Crippen molar-refractivity contribution in [1.29, 1.82) is 0 Å². The third-order valence-corrected chi connectivity index (χ3v) is 5.68. The normalized spacial score (nSPS) is 22.2. The van der Waals surface area contributed by atoms with Gasteiger partial charge in [0.1, 0.15) is 18.0 Å². The molecule has 1 aromatic heterocycles. The molecule has 0 bridgehead atoms. The average molecular weight is 370 g/mol. The maximum atomic E-state index is 12.7. The van der Waals surface area contributed by atoms with Gasteiger partial charge in [-0.25, -0.2) is 0 Å². The Kier molecular flexibility index (Phi) is 5.04. The molecule has 4 rings (SSSR count). The van der Waals surface area contributed by atoms with Crippen LogP contribution in [0.2, 0.25) is 0 Å². The smallest absolute Gasteiger partial charge is 0.287 e. The van der Waals surface area contributed by atoms with Gasteiger partial charge >= 0.3 is 0 Å². The molecule has 3 N–H and O–H groups in total. The average Bonchev–Trinajstić information content (AvgIpc) is 3.04. The van der Waals surface area contributed by atoms with Gasteiger partial charge in [-0.2, -0.15) is 0 Å². The number of hydrogen-bond donors (Lipinski definition) is 3. The Morgan fingerprint density at radius 2 is 1.93 bits per heavy atom. The van der Waals surface area contributed by atoms with Crippen molar-refractivity contribution >= 4 is 5.91 Å². The Balaban J connectivity index is 1.53. The number of benzene rings is 1. The van der Waals surface area contributed by atoms with Gasteiger partial charge in [0.2, 0.25) is 0 Å². The number of carbonyl (C=O) groups is 1. The second kappa shape index (κ2) is 7.46. The van der Waals surface area contributed by atoms with Gasteiger partial charge in [-0.3, -0.25) is 4.79 Å². The molecule has 2 aliphatic rings. The van der Waals surface area contributed by atoms with E-state index >= 15 is 0 Å². The SMILES string of the molecule is Cc1c(C(=O)NCCN2CCCCC2)oc2c1C(O)C(O)c1ccccc1-2. The van der Waals surface area contributed by atoms with E-state index in [-0.39, 0.29) is 11.7 Å². The van der Waals surface area contributed by atoms with Crippen molar-refractivity contribution in [2.75, 3.05) is 26.2 Å². The Hall–Kier alpha value is -2.15. The van der Waals surface area contributed by atoms with Crippen molar-refractivity contribution in [3.05, 3.63) is 46.7 Å². The van der Waals surface area contributed by atoms with Gasteiger partial charge in [-0.05, 0) is 38.4 Å². The summed E-state index contributed by atoms with van der Waals surface area (Å²) in [6.45, 7) is 5.32. The molecule has 0 spiro atoms. The second-order valence-corrected chi connectivity index (χ2v) is 7.43. The maximum Gasteiger partial charge on any atom is 0.287 e. The Labute approximate surface area is 158 Å². The third-order valence-electron chi connectivity index (χ3n) is 5.68. The molecule has 1 aliphatic carbocycles. The van der Waals surface area contributed by atoms with Crippen LogP contribution >= 0.6 is 0 Å². The highest BCUT2D eigenvalue weighted by molar-refractivity contribution is 5.94. The molecular formula is C21H26N2O4. The van der Waals surface area contributed by atoms with Crippen LogP contribution in [0.5, 0.6) is 0 Å². The number of likely N-dealkylation sites (tertiary alicyclic amines) is 1. The Bertz CT molecular complexity index is 839. The lowest BCUT2D eigenvalue weighted by Crippen LogP contribution is -2.37. The molecular weight excluding hydrogens is 344 g/mol. The van der Waals surface area contributed by atoms with Crippen molar-refractivity contribution in [2.24, 2.45) is 0 Å². The molecule has 1 aliphatic heterocycles. The van der Waals surface area contributed by atoms with Crippen LogP contribution in [0, 0.1) is 6.92 Å². The Morgan fingerprint density at radius 1 is 1.19 bits per heavy atom. The van der Waals surface area contributed by atoms with E-state index in [1.54, 1.807) is 13.0 Å². The number of fused-ring (bicyclic) bond motifs is 3. The molecule has 1 fully saturated rings. The number of aliphatic hydroxyl groups is 2. The van der Waals surface area contributed by atoms with E-state index in [2.05, 4.69) is 10.2 Å². The molecule has 0 saturated carbocycles. The molecule has 27 heavy (non-hydrogen) atoms. The van der Waals surface area contributed by atoms with Gasteiger partial charge in [0.05, 0.1) is 0 Å². The molecule has 2 unspecified atom stereocenters. The van der Waals surface area contributed by atoms with Crippen molar-refractivity contribution in [1.82, 2.24) is 10.2 Å². The lowest BCUT2D eigenvalue weighted by atomic mass is 9.85. The highest BCUT2D eigenvalue weighted by Crippen LogP contribution is 2.47. The first kappa shape index (κ1) is 18.2. The minimum absolute atomic E-state index is 0.210. The van der Waals surface area contributed by atoms with Crippen LogP contribution in [-0.2, 0) is 0 Å². The number of carbonyl (C=O) groups excluding carboxylic acids is 1. The van der Waals surface area contributed by atoms with Gasteiger partial charge in [0.25, 0.3) is 5.91 Å². The zero-order chi connectivity index (χ0) is 19.0. The molecule has 1 saturated heterocycles. The largest absolute Gasteiger partial charge is 0.450 e. The standard InChI is InChI=1S/C21H26N2O4/c1-13-16-18(25)17(24)14-7-3-4-8-15(14)20(16)27-19(13)21(26)22-9-12-23-10-5-2-6-11-23/h3-4,7-8,17-18,24-25H,2,5-6,9-12H2,1H3,(H,22,26). The number of amides is 1. The molecule has 1 amide bonds. The van der Waals surface area contributed by atoms with Crippen molar-refractivity contribution in [2.45, 2.75) is 38.4 Å². The number of rotatable bonds is 4. The second-order valence-electron chi connectivity index (χ2n) is 7.43. The van der Waals surface area contributed by atoms with Crippen LogP contribution in [0.3, 0.4) is 0 Å². The van der Waals surface area contributed by atoms with Gasteiger partial charge in [-0.1, -0.05) is 30.7 Å². The van der Waals surface area contributed by atoms with Crippen LogP contribution in [-0.4, -0.2) is 47.2 Å². The zero-order valence-electron chi connectivity index (χ0n) is 15.6. The zero-order valence-corrected chi connectivity index (χ0v) is 15.6. The first-order chi connectivity index (χ1) is 13.1. The predicted molar refractivity (Wildman–Crippen MR) is 101 cm³/mol. The van der Waals surface area contributed by atoms with Crippen LogP contribution in [0.1, 0.15) is 58.7 Å². The summed E-state index contributed by atoms with van der Waals surface area (Å²) in [6.07, 6.45) is 1.60. The van der Waals surface area contributed by atoms with Crippen LogP contribution in [0.4, 0.5) is 0 Å². The van der Waals surface area contributed by atoms with Crippen LogP contribution in [0.25, 0.3) is 11.3 Å². The molecule has 0 radical (unpaired) electrons. The van der Waals surface area contributed by atoms with E-state index in [1.165, 1.54) is 19.3 Å². The van der Waals surface area contributed by atoms with Gasteiger partial charge < -0.3 is 24.8 Å². The summed E-state index contributed by atoms with van der Waals surface area (Å²) < 4.78 is 5.89. The quantitative estimate of drug-likeness (QED) is 0.770. The topological polar surface area (TPSA) is 85.9 Å². The summed E-state index contributed by atoms with van der Waals surface area (Å²) >= 11 is 0. The molecule has 144 valence electrons. The van der Waals surface area contributed by atoms with E-state index in [9.17, 15) is 15.0 Å². The molecule has 6 nitrogen and oxygen atoms in total. The Morgan fingerprint density at radius 3 is 2.70 bits per heavy atom. The van der Waals surface area contributed by atoms with E-state index in [0.29, 0.717) is 29.0 Å². The molecule has 6 heteroatoms. The first-order valence-corrected chi connectivity index (χ1v) is 9.67. The highest BCUT2D eigenvalue weighted by atomic mass is 16.4. The summed E-state index contributed by atoms with van der Waals surface area (Å²) in [6, 6.07) is 7.26. The molecule has 2 aromatic rings. The van der Waals surface area contributed by atoms with E-state index < -0.39 is 12.2 Å². The minimum atomic E-state index is -1.10. The van der Waals surface area contributed by atoms with E-state index in [0.717, 1.165) is 25.2 Å². The fraction of sp³-hybridized carbons (Fsp3) is 0.476. The highest BCUT2D eigenvalue weighted by Gasteiger charge is 2.37. The minimum Gasteiger partial charge on any atom is -0.450 e.